The minimum absolute atomic E-state index is 0.204. The molecule has 6 aromatic carbocycles. The molecule has 0 aliphatic carbocycles. The van der Waals surface area contributed by atoms with Crippen molar-refractivity contribution in [2.45, 2.75) is 6.17 Å². The number of allylic oxidation sites excluding steroid dienone is 1. The molecule has 0 bridgehead atoms. The van der Waals surface area contributed by atoms with Crippen molar-refractivity contribution < 1.29 is 0 Å². The van der Waals surface area contributed by atoms with Gasteiger partial charge in [-0.05, 0) is 40.0 Å². The lowest BCUT2D eigenvalue weighted by atomic mass is 9.99. The maximum atomic E-state index is 5.12. The molecular formula is C44H32N4. The second kappa shape index (κ2) is 13.1. The zero-order valence-corrected chi connectivity index (χ0v) is 26.2. The predicted molar refractivity (Wildman–Crippen MR) is 197 cm³/mol. The van der Waals surface area contributed by atoms with Crippen LogP contribution in [0.25, 0.3) is 50.7 Å². The van der Waals surface area contributed by atoms with Crippen LogP contribution in [0.1, 0.15) is 22.9 Å². The summed E-state index contributed by atoms with van der Waals surface area (Å²) < 4.78 is 0. The maximum Gasteiger partial charge on any atom is 0.160 e. The van der Waals surface area contributed by atoms with Gasteiger partial charge in [-0.1, -0.05) is 170 Å². The average Bonchev–Trinajstić information content (AvgIpc) is 3.19. The van der Waals surface area contributed by atoms with Gasteiger partial charge in [0, 0.05) is 22.4 Å². The molecule has 4 nitrogen and oxygen atoms in total. The number of nitrogens with one attached hydrogen (secondary N) is 1. The molecule has 0 fully saturated rings. The summed E-state index contributed by atoms with van der Waals surface area (Å²) in [5, 5.41) is 3.66. The normalized spacial score (nSPS) is 14.0. The summed E-state index contributed by atoms with van der Waals surface area (Å²) in [4.78, 5) is 15.1. The Bertz CT molecular complexity index is 2150. The van der Waals surface area contributed by atoms with Crippen LogP contribution in [-0.2, 0) is 0 Å². The molecule has 0 radical (unpaired) electrons. The van der Waals surface area contributed by atoms with Gasteiger partial charge in [0.1, 0.15) is 6.17 Å². The summed E-state index contributed by atoms with van der Waals surface area (Å²) in [6, 6.07) is 60.6. The lowest BCUT2D eigenvalue weighted by Crippen LogP contribution is -2.24. The topological polar surface area (TPSA) is 50.2 Å². The summed E-state index contributed by atoms with van der Waals surface area (Å²) in [6.07, 6.45) is 1.93. The van der Waals surface area contributed by atoms with E-state index in [1.807, 2.05) is 48.5 Å². The van der Waals surface area contributed by atoms with Crippen LogP contribution in [0.4, 0.5) is 0 Å². The first-order valence-corrected chi connectivity index (χ1v) is 16.1. The second-order valence-corrected chi connectivity index (χ2v) is 11.7. The SMILES string of the molecule is C1=C(c2ccccc2)NC(c2ccc(-c3ccc(-c4nc(-c5ccccc5)cc(-c5ccccc5)n4)cc3)cc2)N=C1c1ccccc1. The molecule has 1 aliphatic rings. The smallest absolute Gasteiger partial charge is 0.160 e. The lowest BCUT2D eigenvalue weighted by Gasteiger charge is -2.25. The van der Waals surface area contributed by atoms with E-state index in [0.717, 1.165) is 67.3 Å². The Morgan fingerprint density at radius 1 is 0.396 bits per heavy atom. The van der Waals surface area contributed by atoms with Crippen LogP contribution in [0.15, 0.2) is 187 Å². The van der Waals surface area contributed by atoms with E-state index in [4.69, 9.17) is 15.0 Å². The summed E-state index contributed by atoms with van der Waals surface area (Å²) in [5.74, 6) is 0.704. The Hall–Kier alpha value is -6.39. The van der Waals surface area contributed by atoms with Crippen molar-refractivity contribution in [3.05, 3.63) is 199 Å². The van der Waals surface area contributed by atoms with E-state index in [1.54, 1.807) is 0 Å². The molecule has 48 heavy (non-hydrogen) atoms. The van der Waals surface area contributed by atoms with Crippen LogP contribution >= 0.6 is 0 Å². The van der Waals surface area contributed by atoms with Crippen molar-refractivity contribution in [1.29, 1.82) is 0 Å². The summed E-state index contributed by atoms with van der Waals surface area (Å²) in [7, 11) is 0. The van der Waals surface area contributed by atoms with Crippen molar-refractivity contribution >= 4 is 11.4 Å². The zero-order valence-electron chi connectivity index (χ0n) is 26.2. The molecular weight excluding hydrogens is 585 g/mol. The number of nitrogens with zero attached hydrogens (tertiary/aromatic N) is 3. The molecule has 8 rings (SSSR count). The molecule has 1 aromatic heterocycles. The third kappa shape index (κ3) is 6.20. The van der Waals surface area contributed by atoms with Gasteiger partial charge in [0.2, 0.25) is 0 Å². The van der Waals surface area contributed by atoms with Gasteiger partial charge in [-0.3, -0.25) is 4.99 Å². The van der Waals surface area contributed by atoms with Gasteiger partial charge in [0.15, 0.2) is 5.82 Å². The van der Waals surface area contributed by atoms with Gasteiger partial charge in [0.25, 0.3) is 0 Å². The number of aromatic nitrogens is 2. The standard InChI is InChI=1S/C44H32N4/c1-5-13-33(14-6-1)39-29-40(34-15-7-2-8-16-34)46-43(45-39)37-25-21-31(22-26-37)32-23-27-38(28-24-32)44-47-41(35-17-9-3-10-18-35)30-42(48-44)36-19-11-4-12-20-36/h1-30,43,45H. The number of rotatable bonds is 7. The number of hydrogen-bond acceptors (Lipinski definition) is 4. The fraction of sp³-hybridized carbons (Fsp3) is 0.0227. The Labute approximate surface area is 280 Å². The van der Waals surface area contributed by atoms with E-state index in [-0.39, 0.29) is 6.17 Å². The van der Waals surface area contributed by atoms with Crippen LogP contribution in [0, 0.1) is 0 Å². The fourth-order valence-electron chi connectivity index (χ4n) is 6.00. The first-order valence-electron chi connectivity index (χ1n) is 16.1. The van der Waals surface area contributed by atoms with E-state index in [0.29, 0.717) is 5.82 Å². The molecule has 1 N–H and O–H groups in total. The van der Waals surface area contributed by atoms with Gasteiger partial charge in [0.05, 0.1) is 17.1 Å². The molecule has 0 saturated carbocycles. The third-order valence-electron chi connectivity index (χ3n) is 8.56. The highest BCUT2D eigenvalue weighted by molar-refractivity contribution is 6.13. The Morgan fingerprint density at radius 2 is 0.833 bits per heavy atom. The van der Waals surface area contributed by atoms with Gasteiger partial charge in [-0.2, -0.15) is 0 Å². The molecule has 7 aromatic rings. The van der Waals surface area contributed by atoms with Crippen LogP contribution < -0.4 is 5.32 Å². The van der Waals surface area contributed by atoms with Crippen LogP contribution in [0.2, 0.25) is 0 Å². The molecule has 0 saturated heterocycles. The molecule has 0 amide bonds. The molecule has 4 heteroatoms. The average molecular weight is 617 g/mol. The number of aliphatic imine (C=N–C) groups is 1. The van der Waals surface area contributed by atoms with Gasteiger partial charge >= 0.3 is 0 Å². The van der Waals surface area contributed by atoms with E-state index < -0.39 is 0 Å². The number of benzene rings is 6. The highest BCUT2D eigenvalue weighted by Gasteiger charge is 2.19. The minimum Gasteiger partial charge on any atom is -0.360 e. The van der Waals surface area contributed by atoms with Crippen molar-refractivity contribution in [2.24, 2.45) is 4.99 Å². The first-order chi connectivity index (χ1) is 23.8. The molecule has 0 spiro atoms. The van der Waals surface area contributed by atoms with E-state index in [2.05, 4.69) is 139 Å². The largest absolute Gasteiger partial charge is 0.360 e. The highest BCUT2D eigenvalue weighted by Crippen LogP contribution is 2.31. The predicted octanol–water partition coefficient (Wildman–Crippen LogP) is 10.3. The number of hydrogen-bond donors (Lipinski definition) is 1. The van der Waals surface area contributed by atoms with Crippen molar-refractivity contribution in [3.63, 3.8) is 0 Å². The zero-order chi connectivity index (χ0) is 32.1. The highest BCUT2D eigenvalue weighted by atomic mass is 15.1. The Kier molecular flexibility index (Phi) is 7.96. The fourth-order valence-corrected chi connectivity index (χ4v) is 6.00. The van der Waals surface area contributed by atoms with Gasteiger partial charge < -0.3 is 5.32 Å². The Morgan fingerprint density at radius 3 is 1.35 bits per heavy atom. The van der Waals surface area contributed by atoms with E-state index in [9.17, 15) is 0 Å². The Balaban J connectivity index is 1.08. The van der Waals surface area contributed by atoms with Gasteiger partial charge in [-0.25, -0.2) is 9.97 Å². The van der Waals surface area contributed by atoms with Crippen LogP contribution in [-0.4, -0.2) is 15.7 Å². The molecule has 2 heterocycles. The van der Waals surface area contributed by atoms with Crippen molar-refractivity contribution in [3.8, 4) is 45.0 Å². The monoisotopic (exact) mass is 616 g/mol. The maximum absolute atomic E-state index is 5.12. The lowest BCUT2D eigenvalue weighted by molar-refractivity contribution is 0.664. The van der Waals surface area contributed by atoms with E-state index >= 15 is 0 Å². The molecule has 1 unspecified atom stereocenters. The summed E-state index contributed by atoms with van der Waals surface area (Å²) >= 11 is 0. The molecule has 1 aliphatic heterocycles. The molecule has 228 valence electrons. The first kappa shape index (κ1) is 29.0. The quantitative estimate of drug-likeness (QED) is 0.194. The van der Waals surface area contributed by atoms with Crippen molar-refractivity contribution in [2.75, 3.05) is 0 Å². The molecule has 1 atom stereocenters. The third-order valence-corrected chi connectivity index (χ3v) is 8.56. The summed E-state index contributed by atoms with van der Waals surface area (Å²) in [6.45, 7) is 0. The van der Waals surface area contributed by atoms with Gasteiger partial charge in [-0.15, -0.1) is 0 Å². The van der Waals surface area contributed by atoms with Crippen LogP contribution in [0.5, 0.6) is 0 Å². The van der Waals surface area contributed by atoms with Crippen molar-refractivity contribution in [1.82, 2.24) is 15.3 Å². The van der Waals surface area contributed by atoms with Crippen LogP contribution in [0.3, 0.4) is 0 Å². The minimum atomic E-state index is -0.204. The second-order valence-electron chi connectivity index (χ2n) is 11.7. The van der Waals surface area contributed by atoms with E-state index in [1.165, 1.54) is 0 Å². The summed E-state index contributed by atoms with van der Waals surface area (Å²) in [5.41, 5.74) is 12.5.